The fourth-order valence-electron chi connectivity index (χ4n) is 2.32. The number of ketones is 1. The Labute approximate surface area is 72.6 Å². The number of Topliss-reactive ketones (excluding diaryl/α,β-unsaturated/α-hetero) is 1. The van der Waals surface area contributed by atoms with Gasteiger partial charge in [0.05, 0.1) is 0 Å². The third-order valence-electron chi connectivity index (χ3n) is 3.16. The topological polar surface area (TPSA) is 26.3 Å². The summed E-state index contributed by atoms with van der Waals surface area (Å²) in [5, 5.41) is 0. The van der Waals surface area contributed by atoms with Crippen LogP contribution in [0, 0.1) is 17.8 Å². The van der Waals surface area contributed by atoms with Gasteiger partial charge < -0.3 is 4.74 Å². The first kappa shape index (κ1) is 7.99. The van der Waals surface area contributed by atoms with Gasteiger partial charge in [-0.1, -0.05) is 19.1 Å². The molecule has 2 aliphatic rings. The van der Waals surface area contributed by atoms with Crippen LogP contribution >= 0.6 is 0 Å². The minimum Gasteiger partial charge on any atom is -0.373 e. The molecule has 2 rings (SSSR count). The summed E-state index contributed by atoms with van der Waals surface area (Å²) >= 11 is 0. The van der Waals surface area contributed by atoms with E-state index in [1.165, 1.54) is 0 Å². The Balaban J connectivity index is 2.25. The van der Waals surface area contributed by atoms with Crippen molar-refractivity contribution in [2.75, 3.05) is 7.11 Å². The summed E-state index contributed by atoms with van der Waals surface area (Å²) in [6.45, 7) is 2.00. The average Bonchev–Trinajstić information content (AvgIpc) is 2.49. The van der Waals surface area contributed by atoms with E-state index in [-0.39, 0.29) is 17.8 Å². The third-order valence-corrected chi connectivity index (χ3v) is 3.16. The molecule has 0 heterocycles. The normalized spacial score (nSPS) is 45.3. The zero-order valence-corrected chi connectivity index (χ0v) is 7.49. The molecular formula is C10H14O2. The summed E-state index contributed by atoms with van der Waals surface area (Å²) in [5.41, 5.74) is 0. The fourth-order valence-corrected chi connectivity index (χ4v) is 2.32. The molecule has 2 heteroatoms. The van der Waals surface area contributed by atoms with Crippen LogP contribution in [0.5, 0.6) is 0 Å². The Morgan fingerprint density at radius 1 is 1.42 bits per heavy atom. The molecule has 0 radical (unpaired) electrons. The van der Waals surface area contributed by atoms with Crippen molar-refractivity contribution >= 4 is 5.78 Å². The van der Waals surface area contributed by atoms with E-state index in [1.807, 2.05) is 6.92 Å². The lowest BCUT2D eigenvalue weighted by Gasteiger charge is -2.31. The van der Waals surface area contributed by atoms with Gasteiger partial charge in [-0.15, -0.1) is 0 Å². The molecule has 0 aromatic rings. The van der Waals surface area contributed by atoms with E-state index in [4.69, 9.17) is 4.74 Å². The van der Waals surface area contributed by atoms with Crippen molar-refractivity contribution in [1.29, 1.82) is 0 Å². The van der Waals surface area contributed by atoms with Crippen LogP contribution in [-0.4, -0.2) is 19.0 Å². The maximum absolute atomic E-state index is 11.7. The van der Waals surface area contributed by atoms with Crippen LogP contribution in [0.4, 0.5) is 0 Å². The molecule has 0 unspecified atom stereocenters. The smallest absolute Gasteiger partial charge is 0.165 e. The molecule has 1 saturated carbocycles. The minimum absolute atomic E-state index is 0.157. The first-order valence-electron chi connectivity index (χ1n) is 4.49. The number of hydrogen-bond donors (Lipinski definition) is 0. The van der Waals surface area contributed by atoms with E-state index >= 15 is 0 Å². The van der Waals surface area contributed by atoms with Gasteiger partial charge in [-0.25, -0.2) is 0 Å². The maximum atomic E-state index is 11.7. The molecule has 0 spiro atoms. The second-order valence-corrected chi connectivity index (χ2v) is 3.80. The SMILES string of the molecule is CO[C@H]1C(=O)[C@@H](C)[C@H]2C=C[C@@H]1C2. The Hall–Kier alpha value is -0.630. The second-order valence-electron chi connectivity index (χ2n) is 3.80. The van der Waals surface area contributed by atoms with Gasteiger partial charge in [-0.3, -0.25) is 4.79 Å². The van der Waals surface area contributed by atoms with Crippen molar-refractivity contribution in [1.82, 2.24) is 0 Å². The molecule has 0 saturated heterocycles. The van der Waals surface area contributed by atoms with Gasteiger partial charge in [0.2, 0.25) is 0 Å². The van der Waals surface area contributed by atoms with Gasteiger partial charge in [-0.2, -0.15) is 0 Å². The number of carbonyl (C=O) groups excluding carboxylic acids is 1. The largest absolute Gasteiger partial charge is 0.373 e. The fraction of sp³-hybridized carbons (Fsp3) is 0.700. The summed E-state index contributed by atoms with van der Waals surface area (Å²) in [7, 11) is 1.63. The Kier molecular flexibility index (Phi) is 1.80. The maximum Gasteiger partial charge on any atom is 0.165 e. The standard InChI is InChI=1S/C10H14O2/c1-6-7-3-4-8(5-7)10(12-2)9(6)11/h3-4,6-8,10H,5H2,1-2H3/t6-,7-,8+,10+/m0/s1. The van der Waals surface area contributed by atoms with Crippen LogP contribution in [0.15, 0.2) is 12.2 Å². The van der Waals surface area contributed by atoms with Gasteiger partial charge >= 0.3 is 0 Å². The molecule has 0 N–H and O–H groups in total. The lowest BCUT2D eigenvalue weighted by Crippen LogP contribution is -2.40. The number of rotatable bonds is 1. The number of allylic oxidation sites excluding steroid dienone is 1. The van der Waals surface area contributed by atoms with Crippen LogP contribution < -0.4 is 0 Å². The van der Waals surface area contributed by atoms with Crippen LogP contribution in [0.2, 0.25) is 0 Å². The van der Waals surface area contributed by atoms with Crippen LogP contribution in [0.1, 0.15) is 13.3 Å². The van der Waals surface area contributed by atoms with Crippen molar-refractivity contribution in [3.8, 4) is 0 Å². The summed E-state index contributed by atoms with van der Waals surface area (Å²) in [4.78, 5) is 11.7. The van der Waals surface area contributed by atoms with E-state index in [0.717, 1.165) is 6.42 Å². The van der Waals surface area contributed by atoms with E-state index in [0.29, 0.717) is 11.8 Å². The van der Waals surface area contributed by atoms with E-state index in [2.05, 4.69) is 12.2 Å². The third kappa shape index (κ3) is 0.944. The van der Waals surface area contributed by atoms with Crippen LogP contribution in [-0.2, 0) is 9.53 Å². The molecule has 0 aromatic carbocycles. The summed E-state index contributed by atoms with van der Waals surface area (Å²) < 4.78 is 5.20. The van der Waals surface area contributed by atoms with Crippen LogP contribution in [0.25, 0.3) is 0 Å². The van der Waals surface area contributed by atoms with Gasteiger partial charge in [0.25, 0.3) is 0 Å². The molecule has 1 fully saturated rings. The minimum atomic E-state index is -0.171. The average molecular weight is 166 g/mol. The van der Waals surface area contributed by atoms with Crippen molar-refractivity contribution < 1.29 is 9.53 Å². The van der Waals surface area contributed by atoms with Crippen molar-refractivity contribution in [3.63, 3.8) is 0 Å². The lowest BCUT2D eigenvalue weighted by atomic mass is 9.77. The van der Waals surface area contributed by atoms with Gasteiger partial charge in [0, 0.05) is 18.9 Å². The molecule has 2 bridgehead atoms. The van der Waals surface area contributed by atoms with E-state index < -0.39 is 0 Å². The van der Waals surface area contributed by atoms with Crippen LogP contribution in [0.3, 0.4) is 0 Å². The Morgan fingerprint density at radius 2 is 2.08 bits per heavy atom. The predicted molar refractivity (Wildman–Crippen MR) is 45.7 cm³/mol. The molecule has 0 aromatic heterocycles. The quantitative estimate of drug-likeness (QED) is 0.550. The van der Waals surface area contributed by atoms with Gasteiger partial charge in [0.15, 0.2) is 5.78 Å². The highest BCUT2D eigenvalue weighted by atomic mass is 16.5. The first-order valence-corrected chi connectivity index (χ1v) is 4.49. The number of ether oxygens (including phenoxy) is 1. The molecular weight excluding hydrogens is 152 g/mol. The van der Waals surface area contributed by atoms with E-state index in [9.17, 15) is 4.79 Å². The monoisotopic (exact) mass is 166 g/mol. The molecule has 4 atom stereocenters. The second kappa shape index (κ2) is 2.70. The highest BCUT2D eigenvalue weighted by Gasteiger charge is 2.42. The zero-order chi connectivity index (χ0) is 8.72. The Bertz CT molecular complexity index is 232. The molecule has 2 aliphatic carbocycles. The summed E-state index contributed by atoms with van der Waals surface area (Å²) in [5.74, 6) is 1.27. The first-order chi connectivity index (χ1) is 5.74. The molecule has 0 aliphatic heterocycles. The highest BCUT2D eigenvalue weighted by Crippen LogP contribution is 2.39. The summed E-state index contributed by atoms with van der Waals surface area (Å²) in [6, 6.07) is 0. The molecule has 2 nitrogen and oxygen atoms in total. The summed E-state index contributed by atoms with van der Waals surface area (Å²) in [6.07, 6.45) is 5.24. The van der Waals surface area contributed by atoms with E-state index in [1.54, 1.807) is 7.11 Å². The lowest BCUT2D eigenvalue weighted by molar-refractivity contribution is -0.139. The van der Waals surface area contributed by atoms with Crippen molar-refractivity contribution in [2.24, 2.45) is 17.8 Å². The molecule has 0 amide bonds. The number of carbonyl (C=O) groups is 1. The van der Waals surface area contributed by atoms with Gasteiger partial charge in [-0.05, 0) is 12.3 Å². The number of methoxy groups -OCH3 is 1. The zero-order valence-electron chi connectivity index (χ0n) is 7.49. The Morgan fingerprint density at radius 3 is 2.75 bits per heavy atom. The van der Waals surface area contributed by atoms with Crippen molar-refractivity contribution in [3.05, 3.63) is 12.2 Å². The predicted octanol–water partition coefficient (Wildman–Crippen LogP) is 1.41. The highest BCUT2D eigenvalue weighted by molar-refractivity contribution is 5.87. The van der Waals surface area contributed by atoms with Crippen molar-refractivity contribution in [2.45, 2.75) is 19.4 Å². The number of fused-ring (bicyclic) bond motifs is 2. The number of hydrogen-bond acceptors (Lipinski definition) is 2. The molecule has 12 heavy (non-hydrogen) atoms. The molecule has 66 valence electrons. The van der Waals surface area contributed by atoms with Gasteiger partial charge in [0.1, 0.15) is 6.10 Å².